The first-order chi connectivity index (χ1) is 16.4. The standard InChI is InChI=1S/C24H24N2O7S/c1-2-31-18-7-9-19(10-8-18)32-20-11-13-21(14-12-20)34(29,30)26-16-15-17-5-3-4-6-22(17)23(26)33-24(27)25-28/h3-14,23,28H,2,15-16H2,1H3,(H,25,27)/t23-/m0/s1. The van der Waals surface area contributed by atoms with Gasteiger partial charge < -0.3 is 14.2 Å². The molecular formula is C24H24N2O7S. The van der Waals surface area contributed by atoms with Crippen LogP contribution in [0.1, 0.15) is 24.3 Å². The van der Waals surface area contributed by atoms with Crippen LogP contribution in [0.5, 0.6) is 17.2 Å². The normalized spacial score (nSPS) is 15.8. The van der Waals surface area contributed by atoms with Gasteiger partial charge in [0.2, 0.25) is 10.0 Å². The highest BCUT2D eigenvalue weighted by Crippen LogP contribution is 2.35. The van der Waals surface area contributed by atoms with E-state index in [1.807, 2.05) is 19.1 Å². The summed E-state index contributed by atoms with van der Waals surface area (Å²) in [4.78, 5) is 11.8. The summed E-state index contributed by atoms with van der Waals surface area (Å²) in [5, 5.41) is 8.90. The highest BCUT2D eigenvalue weighted by Gasteiger charge is 2.39. The van der Waals surface area contributed by atoms with Gasteiger partial charge in [0.25, 0.3) is 0 Å². The molecule has 3 aromatic carbocycles. The first-order valence-electron chi connectivity index (χ1n) is 10.6. The van der Waals surface area contributed by atoms with Crippen LogP contribution in [0.4, 0.5) is 4.79 Å². The van der Waals surface area contributed by atoms with E-state index in [4.69, 9.17) is 19.4 Å². The molecule has 0 aliphatic carbocycles. The van der Waals surface area contributed by atoms with E-state index < -0.39 is 22.3 Å². The van der Waals surface area contributed by atoms with Gasteiger partial charge in [-0.3, -0.25) is 5.21 Å². The molecule has 0 saturated carbocycles. The van der Waals surface area contributed by atoms with Crippen LogP contribution in [-0.4, -0.2) is 37.2 Å². The van der Waals surface area contributed by atoms with Crippen LogP contribution >= 0.6 is 0 Å². The van der Waals surface area contributed by atoms with E-state index >= 15 is 0 Å². The summed E-state index contributed by atoms with van der Waals surface area (Å²) in [5.41, 5.74) is 2.79. The van der Waals surface area contributed by atoms with Crippen molar-refractivity contribution in [3.63, 3.8) is 0 Å². The Bertz CT molecular complexity index is 1250. The summed E-state index contributed by atoms with van der Waals surface area (Å²) in [5.74, 6) is 1.76. The lowest BCUT2D eigenvalue weighted by molar-refractivity contribution is 0.00236. The maximum Gasteiger partial charge on any atom is 0.432 e. The maximum absolute atomic E-state index is 13.4. The summed E-state index contributed by atoms with van der Waals surface area (Å²) in [7, 11) is -4.03. The van der Waals surface area contributed by atoms with Crippen LogP contribution in [0.3, 0.4) is 0 Å². The number of hydrogen-bond donors (Lipinski definition) is 2. The highest BCUT2D eigenvalue weighted by molar-refractivity contribution is 7.89. The largest absolute Gasteiger partial charge is 0.494 e. The van der Waals surface area contributed by atoms with E-state index in [-0.39, 0.29) is 11.4 Å². The minimum absolute atomic E-state index is 0.0175. The molecule has 0 unspecified atom stereocenters. The van der Waals surface area contributed by atoms with Gasteiger partial charge in [-0.25, -0.2) is 18.7 Å². The number of hydrogen-bond acceptors (Lipinski definition) is 7. The fourth-order valence-electron chi connectivity index (χ4n) is 3.72. The van der Waals surface area contributed by atoms with Gasteiger partial charge in [-0.15, -0.1) is 0 Å². The van der Waals surface area contributed by atoms with Gasteiger partial charge >= 0.3 is 6.09 Å². The molecule has 10 heteroatoms. The molecule has 1 heterocycles. The Balaban J connectivity index is 1.56. The molecule has 4 rings (SSSR count). The van der Waals surface area contributed by atoms with E-state index in [0.29, 0.717) is 30.1 Å². The highest BCUT2D eigenvalue weighted by atomic mass is 32.2. The average molecular weight is 485 g/mol. The molecule has 3 aromatic rings. The van der Waals surface area contributed by atoms with Crippen LogP contribution in [0.15, 0.2) is 77.7 Å². The van der Waals surface area contributed by atoms with E-state index in [2.05, 4.69) is 0 Å². The zero-order valence-electron chi connectivity index (χ0n) is 18.4. The number of rotatable bonds is 7. The van der Waals surface area contributed by atoms with Gasteiger partial charge in [-0.1, -0.05) is 24.3 Å². The number of nitrogens with one attached hydrogen (secondary N) is 1. The monoisotopic (exact) mass is 484 g/mol. The van der Waals surface area contributed by atoms with E-state index in [1.54, 1.807) is 48.5 Å². The van der Waals surface area contributed by atoms with Gasteiger partial charge in [0.1, 0.15) is 17.2 Å². The Kier molecular flexibility index (Phi) is 7.01. The SMILES string of the molecule is CCOc1ccc(Oc2ccc(S(=O)(=O)N3CCc4ccccc4[C@@H]3OC(=O)NO)cc2)cc1. The second kappa shape index (κ2) is 10.1. The maximum atomic E-state index is 13.4. The van der Waals surface area contributed by atoms with Gasteiger partial charge in [0.05, 0.1) is 11.5 Å². The van der Waals surface area contributed by atoms with Crippen molar-refractivity contribution >= 4 is 16.1 Å². The Labute approximate surface area is 197 Å². The van der Waals surface area contributed by atoms with Crippen molar-refractivity contribution in [3.8, 4) is 17.2 Å². The summed E-state index contributed by atoms with van der Waals surface area (Å²) in [6, 6.07) is 20.2. The number of carbonyl (C=O) groups excluding carboxylic acids is 1. The average Bonchev–Trinajstić information content (AvgIpc) is 2.85. The third-order valence-electron chi connectivity index (χ3n) is 5.29. The van der Waals surface area contributed by atoms with E-state index in [0.717, 1.165) is 15.6 Å². The molecule has 9 nitrogen and oxygen atoms in total. The minimum atomic E-state index is -4.03. The Morgan fingerprint density at radius 1 is 1.00 bits per heavy atom. The predicted molar refractivity (Wildman–Crippen MR) is 122 cm³/mol. The van der Waals surface area contributed by atoms with E-state index in [1.165, 1.54) is 17.6 Å². The molecule has 0 bridgehead atoms. The molecule has 0 aromatic heterocycles. The zero-order valence-corrected chi connectivity index (χ0v) is 19.2. The number of nitrogens with zero attached hydrogens (tertiary/aromatic N) is 1. The Hall–Kier alpha value is -3.60. The van der Waals surface area contributed by atoms with Crippen molar-refractivity contribution in [2.45, 2.75) is 24.5 Å². The lowest BCUT2D eigenvalue weighted by atomic mass is 10.00. The summed E-state index contributed by atoms with van der Waals surface area (Å²) < 4.78 is 44.4. The fourth-order valence-corrected chi connectivity index (χ4v) is 5.21. The molecule has 34 heavy (non-hydrogen) atoms. The molecule has 1 amide bonds. The molecule has 1 atom stereocenters. The van der Waals surface area contributed by atoms with Crippen molar-refractivity contribution < 1.29 is 32.6 Å². The van der Waals surface area contributed by atoms with Gasteiger partial charge in [0, 0.05) is 12.1 Å². The van der Waals surface area contributed by atoms with Gasteiger partial charge in [-0.05, 0) is 67.4 Å². The van der Waals surface area contributed by atoms with Crippen LogP contribution in [0, 0.1) is 0 Å². The molecule has 1 aliphatic rings. The molecule has 0 saturated heterocycles. The Morgan fingerprint density at radius 2 is 1.62 bits per heavy atom. The molecule has 0 radical (unpaired) electrons. The third-order valence-corrected chi connectivity index (χ3v) is 7.15. The number of amides is 1. The number of benzene rings is 3. The number of ether oxygens (including phenoxy) is 3. The second-order valence-corrected chi connectivity index (χ2v) is 9.30. The molecule has 2 N–H and O–H groups in total. The van der Waals surface area contributed by atoms with Crippen molar-refractivity contribution in [1.82, 2.24) is 9.79 Å². The lowest BCUT2D eigenvalue weighted by Gasteiger charge is -2.35. The van der Waals surface area contributed by atoms with Gasteiger partial charge in [0.15, 0.2) is 6.23 Å². The zero-order chi connectivity index (χ0) is 24.1. The molecule has 0 spiro atoms. The Morgan fingerprint density at radius 3 is 2.26 bits per heavy atom. The first-order valence-corrected chi connectivity index (χ1v) is 12.1. The van der Waals surface area contributed by atoms with Crippen LogP contribution in [0.25, 0.3) is 0 Å². The second-order valence-electron chi connectivity index (χ2n) is 7.41. The molecular weight excluding hydrogens is 460 g/mol. The summed E-state index contributed by atoms with van der Waals surface area (Å²) in [6.45, 7) is 2.57. The first kappa shape index (κ1) is 23.6. The topological polar surface area (TPSA) is 114 Å². The van der Waals surface area contributed by atoms with Crippen molar-refractivity contribution in [1.29, 1.82) is 0 Å². The molecule has 178 valence electrons. The van der Waals surface area contributed by atoms with E-state index in [9.17, 15) is 13.2 Å². The summed E-state index contributed by atoms with van der Waals surface area (Å²) in [6.07, 6.45) is -1.92. The van der Waals surface area contributed by atoms with Crippen molar-refractivity contribution in [2.24, 2.45) is 0 Å². The van der Waals surface area contributed by atoms with Crippen LogP contribution in [0.2, 0.25) is 0 Å². The van der Waals surface area contributed by atoms with Crippen LogP contribution in [-0.2, 0) is 21.2 Å². The fraction of sp³-hybridized carbons (Fsp3) is 0.208. The molecule has 0 fully saturated rings. The third kappa shape index (κ3) is 4.98. The summed E-state index contributed by atoms with van der Waals surface area (Å²) >= 11 is 0. The number of sulfonamides is 1. The van der Waals surface area contributed by atoms with Crippen molar-refractivity contribution in [2.75, 3.05) is 13.2 Å². The number of carbonyl (C=O) groups is 1. The van der Waals surface area contributed by atoms with Gasteiger partial charge in [-0.2, -0.15) is 4.31 Å². The smallest absolute Gasteiger partial charge is 0.432 e. The number of fused-ring (bicyclic) bond motifs is 1. The quantitative estimate of drug-likeness (QED) is 0.381. The predicted octanol–water partition coefficient (Wildman–Crippen LogP) is 4.24. The molecule has 1 aliphatic heterocycles. The number of hydroxylamine groups is 1. The van der Waals surface area contributed by atoms with Crippen LogP contribution < -0.4 is 15.0 Å². The minimum Gasteiger partial charge on any atom is -0.494 e. The van der Waals surface area contributed by atoms with Crippen molar-refractivity contribution in [3.05, 3.63) is 83.9 Å². The lowest BCUT2D eigenvalue weighted by Crippen LogP contribution is -2.43.